The lowest BCUT2D eigenvalue weighted by Gasteiger charge is -2.10. The molecule has 1 atom stereocenters. The maximum Gasteiger partial charge on any atom is 0.306 e. The van der Waals surface area contributed by atoms with E-state index in [0.29, 0.717) is 10.0 Å². The maximum atomic E-state index is 10.4. The molecule has 0 bridgehead atoms. The van der Waals surface area contributed by atoms with Crippen LogP contribution in [0.4, 0.5) is 0 Å². The van der Waals surface area contributed by atoms with E-state index in [-0.39, 0.29) is 11.6 Å². The number of rotatable bonds is 3. The molecule has 0 radical (unpaired) electrons. The van der Waals surface area contributed by atoms with Gasteiger partial charge in [-0.1, -0.05) is 11.6 Å². The molecule has 0 amide bonds. The Bertz CT molecular complexity index is 358. The zero-order chi connectivity index (χ0) is 10.7. The summed E-state index contributed by atoms with van der Waals surface area (Å²) in [4.78, 5) is 14.1. The van der Waals surface area contributed by atoms with E-state index in [1.54, 1.807) is 0 Å². The predicted molar refractivity (Wildman–Crippen MR) is 54.2 cm³/mol. The quantitative estimate of drug-likeness (QED) is 0.831. The fourth-order valence-electron chi connectivity index (χ4n) is 0.958. The summed E-state index contributed by atoms with van der Waals surface area (Å²) in [5, 5.41) is 18.2. The topological polar surface area (TPSA) is 70.4 Å². The number of carbonyl (C=O) groups is 1. The van der Waals surface area contributed by atoms with E-state index in [0.717, 1.165) is 0 Å². The number of aromatic nitrogens is 1. The first-order chi connectivity index (χ1) is 6.50. The number of hydrogen-bond donors (Lipinski definition) is 2. The molecule has 14 heavy (non-hydrogen) atoms. The van der Waals surface area contributed by atoms with E-state index in [1.165, 1.54) is 12.3 Å². The molecule has 0 saturated carbocycles. The summed E-state index contributed by atoms with van der Waals surface area (Å²) in [6.07, 6.45) is -0.0239. The van der Waals surface area contributed by atoms with Crippen molar-refractivity contribution in [1.29, 1.82) is 0 Å². The van der Waals surface area contributed by atoms with Crippen LogP contribution in [-0.2, 0) is 4.79 Å². The van der Waals surface area contributed by atoms with Crippen LogP contribution in [0.1, 0.15) is 18.1 Å². The van der Waals surface area contributed by atoms with Gasteiger partial charge in [0.25, 0.3) is 0 Å². The molecule has 0 aromatic carbocycles. The highest BCUT2D eigenvalue weighted by Gasteiger charge is 2.15. The molecule has 1 rings (SSSR count). The molecule has 0 aliphatic carbocycles. The molecule has 2 N–H and O–H groups in total. The fourth-order valence-corrected chi connectivity index (χ4v) is 1.61. The third kappa shape index (κ3) is 2.94. The number of hydrogen-bond acceptors (Lipinski definition) is 3. The lowest BCUT2D eigenvalue weighted by Crippen LogP contribution is -2.06. The van der Waals surface area contributed by atoms with Gasteiger partial charge in [0.05, 0.1) is 12.5 Å². The number of aliphatic hydroxyl groups is 1. The van der Waals surface area contributed by atoms with Gasteiger partial charge < -0.3 is 10.2 Å². The van der Waals surface area contributed by atoms with Crippen LogP contribution in [0.2, 0.25) is 5.15 Å². The Labute approximate surface area is 93.7 Å². The van der Waals surface area contributed by atoms with E-state index in [2.05, 4.69) is 20.9 Å². The standard InChI is InChI=1S/C8H7BrClNO3/c9-5-3-11-7(10)1-4(5)6(12)2-8(13)14/h1,3,6,12H,2H2,(H,13,14)/t6-/m0/s1. The van der Waals surface area contributed by atoms with Crippen molar-refractivity contribution in [1.82, 2.24) is 4.98 Å². The van der Waals surface area contributed by atoms with Gasteiger partial charge in [0, 0.05) is 10.7 Å². The van der Waals surface area contributed by atoms with Crippen molar-refractivity contribution in [3.8, 4) is 0 Å². The van der Waals surface area contributed by atoms with Gasteiger partial charge in [0.2, 0.25) is 0 Å². The maximum absolute atomic E-state index is 10.4. The molecule has 0 saturated heterocycles. The molecular formula is C8H7BrClNO3. The third-order valence-electron chi connectivity index (χ3n) is 1.58. The monoisotopic (exact) mass is 279 g/mol. The Balaban J connectivity index is 2.93. The Kier molecular flexibility index (Phi) is 3.86. The predicted octanol–water partition coefficient (Wildman–Crippen LogP) is 2.01. The Morgan fingerprint density at radius 1 is 1.71 bits per heavy atom. The molecule has 0 aliphatic rings. The summed E-state index contributed by atoms with van der Waals surface area (Å²) >= 11 is 8.75. The molecular weight excluding hydrogens is 273 g/mol. The van der Waals surface area contributed by atoms with Gasteiger partial charge in [-0.25, -0.2) is 4.98 Å². The van der Waals surface area contributed by atoms with Crippen molar-refractivity contribution in [3.05, 3.63) is 27.5 Å². The van der Waals surface area contributed by atoms with Crippen LogP contribution in [0.3, 0.4) is 0 Å². The first kappa shape index (κ1) is 11.4. The first-order valence-electron chi connectivity index (χ1n) is 3.71. The van der Waals surface area contributed by atoms with E-state index >= 15 is 0 Å². The molecule has 1 heterocycles. The molecule has 76 valence electrons. The second-order valence-corrected chi connectivity index (χ2v) is 3.88. The van der Waals surface area contributed by atoms with Crippen molar-refractivity contribution in [3.63, 3.8) is 0 Å². The van der Waals surface area contributed by atoms with Crippen LogP contribution in [0.15, 0.2) is 16.7 Å². The van der Waals surface area contributed by atoms with Crippen molar-refractivity contribution < 1.29 is 15.0 Å². The smallest absolute Gasteiger partial charge is 0.306 e. The number of aliphatic hydroxyl groups excluding tert-OH is 1. The summed E-state index contributed by atoms with van der Waals surface area (Å²) in [6, 6.07) is 1.43. The van der Waals surface area contributed by atoms with Crippen molar-refractivity contribution in [2.75, 3.05) is 0 Å². The number of carboxylic acids is 1. The van der Waals surface area contributed by atoms with Crippen molar-refractivity contribution in [2.45, 2.75) is 12.5 Å². The van der Waals surface area contributed by atoms with E-state index in [9.17, 15) is 9.90 Å². The molecule has 0 fully saturated rings. The highest BCUT2D eigenvalue weighted by molar-refractivity contribution is 9.10. The largest absolute Gasteiger partial charge is 0.481 e. The zero-order valence-electron chi connectivity index (χ0n) is 6.94. The molecule has 0 aliphatic heterocycles. The van der Waals surface area contributed by atoms with Gasteiger partial charge in [-0.05, 0) is 27.6 Å². The molecule has 0 unspecified atom stereocenters. The van der Waals surface area contributed by atoms with Crippen molar-refractivity contribution in [2.24, 2.45) is 0 Å². The average molecular weight is 281 g/mol. The fraction of sp³-hybridized carbons (Fsp3) is 0.250. The summed E-state index contributed by atoms with van der Waals surface area (Å²) in [7, 11) is 0. The van der Waals surface area contributed by atoms with Crippen LogP contribution in [0.25, 0.3) is 0 Å². The van der Waals surface area contributed by atoms with Crippen LogP contribution in [0.5, 0.6) is 0 Å². The Morgan fingerprint density at radius 2 is 2.36 bits per heavy atom. The van der Waals surface area contributed by atoms with Crippen LogP contribution in [0, 0.1) is 0 Å². The van der Waals surface area contributed by atoms with Crippen molar-refractivity contribution >= 4 is 33.5 Å². The Morgan fingerprint density at radius 3 is 2.93 bits per heavy atom. The average Bonchev–Trinajstić information content (AvgIpc) is 2.08. The first-order valence-corrected chi connectivity index (χ1v) is 4.88. The van der Waals surface area contributed by atoms with E-state index in [1.807, 2.05) is 0 Å². The van der Waals surface area contributed by atoms with Gasteiger partial charge in [-0.15, -0.1) is 0 Å². The molecule has 1 aromatic heterocycles. The number of pyridine rings is 1. The van der Waals surface area contributed by atoms with Crippen LogP contribution >= 0.6 is 27.5 Å². The highest BCUT2D eigenvalue weighted by atomic mass is 79.9. The zero-order valence-corrected chi connectivity index (χ0v) is 9.29. The van der Waals surface area contributed by atoms with E-state index < -0.39 is 12.1 Å². The van der Waals surface area contributed by atoms with Gasteiger partial charge in [-0.2, -0.15) is 0 Å². The number of aliphatic carboxylic acids is 1. The van der Waals surface area contributed by atoms with Crippen LogP contribution < -0.4 is 0 Å². The second-order valence-electron chi connectivity index (χ2n) is 2.64. The van der Waals surface area contributed by atoms with Gasteiger partial charge >= 0.3 is 5.97 Å². The van der Waals surface area contributed by atoms with Gasteiger partial charge in [0.1, 0.15) is 5.15 Å². The van der Waals surface area contributed by atoms with Crippen LogP contribution in [-0.4, -0.2) is 21.2 Å². The lowest BCUT2D eigenvalue weighted by atomic mass is 10.1. The normalized spacial score (nSPS) is 12.5. The minimum absolute atomic E-state index is 0.215. The minimum atomic E-state index is -1.08. The van der Waals surface area contributed by atoms with Gasteiger partial charge in [-0.3, -0.25) is 4.79 Å². The summed E-state index contributed by atoms with van der Waals surface area (Å²) in [5.74, 6) is -1.07. The number of carboxylic acid groups (broad SMARTS) is 1. The van der Waals surface area contributed by atoms with Gasteiger partial charge in [0.15, 0.2) is 0 Å². The Hall–Kier alpha value is -0.650. The number of halogens is 2. The lowest BCUT2D eigenvalue weighted by molar-refractivity contribution is -0.139. The molecule has 0 spiro atoms. The molecule has 4 nitrogen and oxygen atoms in total. The second kappa shape index (κ2) is 4.72. The summed E-state index contributed by atoms with van der Waals surface area (Å²) in [6.45, 7) is 0. The molecule has 6 heteroatoms. The number of nitrogens with zero attached hydrogens (tertiary/aromatic N) is 1. The molecule has 1 aromatic rings. The minimum Gasteiger partial charge on any atom is -0.481 e. The highest BCUT2D eigenvalue weighted by Crippen LogP contribution is 2.26. The summed E-state index contributed by atoms with van der Waals surface area (Å²) < 4.78 is 0.538. The van der Waals surface area contributed by atoms with E-state index in [4.69, 9.17) is 16.7 Å². The summed E-state index contributed by atoms with van der Waals surface area (Å²) in [5.41, 5.74) is 0.424. The third-order valence-corrected chi connectivity index (χ3v) is 2.45. The SMILES string of the molecule is O=C(O)C[C@H](O)c1cc(Cl)ncc1Br.